The number of ether oxygens (including phenoxy) is 2. The van der Waals surface area contributed by atoms with E-state index in [9.17, 15) is 5.11 Å². The monoisotopic (exact) mass is 271 g/mol. The zero-order valence-electron chi connectivity index (χ0n) is 11.2. The predicted molar refractivity (Wildman–Crippen MR) is 76.0 cm³/mol. The second-order valence-electron chi connectivity index (χ2n) is 4.92. The topological polar surface area (TPSA) is 64.7 Å². The first-order chi connectivity index (χ1) is 9.69. The van der Waals surface area contributed by atoms with Crippen molar-refractivity contribution in [3.8, 4) is 17.2 Å². The number of hydrogen-bond donors (Lipinski definition) is 2. The Hall–Kier alpha value is -2.20. The molecule has 104 valence electrons. The highest BCUT2D eigenvalue weighted by Crippen LogP contribution is 2.41. The van der Waals surface area contributed by atoms with E-state index in [1.54, 1.807) is 12.1 Å². The van der Waals surface area contributed by atoms with E-state index in [0.717, 1.165) is 16.9 Å². The maximum Gasteiger partial charge on any atom is 0.160 e. The second-order valence-corrected chi connectivity index (χ2v) is 4.92. The molecule has 0 radical (unpaired) electrons. The molecule has 2 atom stereocenters. The summed E-state index contributed by atoms with van der Waals surface area (Å²) in [5.74, 6) is 1.38. The van der Waals surface area contributed by atoms with Gasteiger partial charge in [-0.1, -0.05) is 24.3 Å². The molecule has 3 rings (SSSR count). The quantitative estimate of drug-likeness (QED) is 0.881. The van der Waals surface area contributed by atoms with E-state index in [2.05, 4.69) is 0 Å². The minimum atomic E-state index is -0.156. The SMILES string of the molecule is COc1ccc(C2C[C@@H](N)c3ccccc3O2)cc1O. The van der Waals surface area contributed by atoms with Gasteiger partial charge in [0.15, 0.2) is 11.5 Å². The van der Waals surface area contributed by atoms with Crippen LogP contribution in [0.4, 0.5) is 0 Å². The van der Waals surface area contributed by atoms with E-state index < -0.39 is 0 Å². The Morgan fingerprint density at radius 1 is 1.25 bits per heavy atom. The number of phenols is 1. The normalized spacial score (nSPS) is 20.9. The highest BCUT2D eigenvalue weighted by Gasteiger charge is 2.27. The molecule has 0 fully saturated rings. The fourth-order valence-electron chi connectivity index (χ4n) is 2.56. The third-order valence-corrected chi connectivity index (χ3v) is 3.63. The first-order valence-electron chi connectivity index (χ1n) is 6.57. The van der Waals surface area contributed by atoms with Gasteiger partial charge in [0.25, 0.3) is 0 Å². The smallest absolute Gasteiger partial charge is 0.160 e. The second kappa shape index (κ2) is 5.06. The molecule has 0 saturated heterocycles. The fraction of sp³-hybridized carbons (Fsp3) is 0.250. The molecule has 0 spiro atoms. The number of fused-ring (bicyclic) bond motifs is 1. The Labute approximate surface area is 117 Å². The van der Waals surface area contributed by atoms with Crippen molar-refractivity contribution < 1.29 is 14.6 Å². The van der Waals surface area contributed by atoms with Crippen molar-refractivity contribution in [3.05, 3.63) is 53.6 Å². The van der Waals surface area contributed by atoms with Gasteiger partial charge in [0, 0.05) is 18.0 Å². The maximum absolute atomic E-state index is 9.87. The Morgan fingerprint density at radius 3 is 2.80 bits per heavy atom. The van der Waals surface area contributed by atoms with Crippen LogP contribution in [-0.2, 0) is 0 Å². The standard InChI is InChI=1S/C16H17NO3/c1-19-15-7-6-10(8-13(15)18)16-9-12(17)11-4-2-3-5-14(11)20-16/h2-8,12,16,18H,9,17H2,1H3/t12-,16?/m1/s1. The van der Waals surface area contributed by atoms with E-state index >= 15 is 0 Å². The van der Waals surface area contributed by atoms with Gasteiger partial charge in [0.2, 0.25) is 0 Å². The summed E-state index contributed by atoms with van der Waals surface area (Å²) < 4.78 is 11.0. The van der Waals surface area contributed by atoms with Gasteiger partial charge in [-0.25, -0.2) is 0 Å². The Kier molecular flexibility index (Phi) is 3.24. The van der Waals surface area contributed by atoms with Crippen LogP contribution in [0.3, 0.4) is 0 Å². The highest BCUT2D eigenvalue weighted by molar-refractivity contribution is 5.44. The van der Waals surface area contributed by atoms with Gasteiger partial charge in [-0.2, -0.15) is 0 Å². The van der Waals surface area contributed by atoms with Crippen molar-refractivity contribution in [1.82, 2.24) is 0 Å². The van der Waals surface area contributed by atoms with Crippen LogP contribution in [0.15, 0.2) is 42.5 Å². The average molecular weight is 271 g/mol. The van der Waals surface area contributed by atoms with Gasteiger partial charge in [-0.15, -0.1) is 0 Å². The molecule has 0 aliphatic carbocycles. The van der Waals surface area contributed by atoms with E-state index in [1.807, 2.05) is 30.3 Å². The number of benzene rings is 2. The van der Waals surface area contributed by atoms with Crippen LogP contribution in [0.25, 0.3) is 0 Å². The zero-order chi connectivity index (χ0) is 14.1. The lowest BCUT2D eigenvalue weighted by molar-refractivity contribution is 0.161. The molecule has 0 bridgehead atoms. The lowest BCUT2D eigenvalue weighted by Gasteiger charge is -2.30. The lowest BCUT2D eigenvalue weighted by Crippen LogP contribution is -2.24. The molecule has 4 nitrogen and oxygen atoms in total. The number of aromatic hydroxyl groups is 1. The largest absolute Gasteiger partial charge is 0.504 e. The molecule has 20 heavy (non-hydrogen) atoms. The summed E-state index contributed by atoms with van der Waals surface area (Å²) >= 11 is 0. The van der Waals surface area contributed by atoms with Gasteiger partial charge in [0.1, 0.15) is 11.9 Å². The first-order valence-corrected chi connectivity index (χ1v) is 6.57. The van der Waals surface area contributed by atoms with E-state index in [4.69, 9.17) is 15.2 Å². The summed E-state index contributed by atoms with van der Waals surface area (Å²) in [7, 11) is 1.53. The summed E-state index contributed by atoms with van der Waals surface area (Å²) in [6.07, 6.45) is 0.527. The zero-order valence-corrected chi connectivity index (χ0v) is 11.2. The van der Waals surface area contributed by atoms with Crippen LogP contribution < -0.4 is 15.2 Å². The molecular formula is C16H17NO3. The molecule has 1 aliphatic heterocycles. The van der Waals surface area contributed by atoms with Crippen LogP contribution in [0.2, 0.25) is 0 Å². The lowest BCUT2D eigenvalue weighted by atomic mass is 9.93. The molecule has 1 heterocycles. The summed E-state index contributed by atoms with van der Waals surface area (Å²) in [6.45, 7) is 0. The third kappa shape index (κ3) is 2.18. The molecule has 2 aromatic rings. The van der Waals surface area contributed by atoms with Gasteiger partial charge in [-0.05, 0) is 23.8 Å². The first kappa shape index (κ1) is 12.8. The number of para-hydroxylation sites is 1. The van der Waals surface area contributed by atoms with Crippen LogP contribution in [0.1, 0.15) is 29.7 Å². The minimum Gasteiger partial charge on any atom is -0.504 e. The summed E-state index contributed by atoms with van der Waals surface area (Å²) in [6, 6.07) is 13.0. The number of hydrogen-bond acceptors (Lipinski definition) is 4. The molecule has 3 N–H and O–H groups in total. The van der Waals surface area contributed by atoms with Gasteiger partial charge < -0.3 is 20.3 Å². The fourth-order valence-corrected chi connectivity index (χ4v) is 2.56. The summed E-state index contributed by atoms with van der Waals surface area (Å²) in [5.41, 5.74) is 8.13. The Bertz CT molecular complexity index is 627. The van der Waals surface area contributed by atoms with E-state index in [1.165, 1.54) is 7.11 Å². The van der Waals surface area contributed by atoms with Crippen molar-refractivity contribution in [2.45, 2.75) is 18.6 Å². The van der Waals surface area contributed by atoms with Crippen molar-refractivity contribution in [1.29, 1.82) is 0 Å². The van der Waals surface area contributed by atoms with Crippen molar-refractivity contribution in [3.63, 3.8) is 0 Å². The molecule has 2 aromatic carbocycles. The van der Waals surface area contributed by atoms with Crippen LogP contribution >= 0.6 is 0 Å². The molecular weight excluding hydrogens is 254 g/mol. The molecule has 0 saturated carbocycles. The third-order valence-electron chi connectivity index (χ3n) is 3.63. The molecule has 0 amide bonds. The highest BCUT2D eigenvalue weighted by atomic mass is 16.5. The molecule has 4 heteroatoms. The molecule has 1 unspecified atom stereocenters. The van der Waals surface area contributed by atoms with Gasteiger partial charge in [-0.3, -0.25) is 0 Å². The number of phenolic OH excluding ortho intramolecular Hbond substituents is 1. The van der Waals surface area contributed by atoms with Crippen LogP contribution in [-0.4, -0.2) is 12.2 Å². The van der Waals surface area contributed by atoms with E-state index in [0.29, 0.717) is 12.2 Å². The molecule has 0 aromatic heterocycles. The number of nitrogens with two attached hydrogens (primary N) is 1. The average Bonchev–Trinajstić information content (AvgIpc) is 2.47. The minimum absolute atomic E-state index is 0.0609. The van der Waals surface area contributed by atoms with Crippen molar-refractivity contribution >= 4 is 0 Å². The number of methoxy groups -OCH3 is 1. The van der Waals surface area contributed by atoms with E-state index in [-0.39, 0.29) is 17.9 Å². The van der Waals surface area contributed by atoms with Gasteiger partial charge in [0.05, 0.1) is 7.11 Å². The number of rotatable bonds is 2. The Morgan fingerprint density at radius 2 is 2.05 bits per heavy atom. The molecule has 1 aliphatic rings. The van der Waals surface area contributed by atoms with Crippen molar-refractivity contribution in [2.75, 3.05) is 7.11 Å². The van der Waals surface area contributed by atoms with Crippen LogP contribution in [0, 0.1) is 0 Å². The van der Waals surface area contributed by atoms with Crippen molar-refractivity contribution in [2.24, 2.45) is 5.73 Å². The maximum atomic E-state index is 9.87. The summed E-state index contributed by atoms with van der Waals surface area (Å²) in [4.78, 5) is 0. The van der Waals surface area contributed by atoms with Crippen LogP contribution in [0.5, 0.6) is 17.2 Å². The summed E-state index contributed by atoms with van der Waals surface area (Å²) in [5, 5.41) is 9.87. The van der Waals surface area contributed by atoms with Gasteiger partial charge >= 0.3 is 0 Å². The predicted octanol–water partition coefficient (Wildman–Crippen LogP) is 2.92. The Balaban J connectivity index is 1.91.